The van der Waals surface area contributed by atoms with Crippen LogP contribution in [0.5, 0.6) is 0 Å². The fraction of sp³-hybridized carbons (Fsp3) is 0.929. The monoisotopic (exact) mass is 239 g/mol. The summed E-state index contributed by atoms with van der Waals surface area (Å²) in [6, 6.07) is 0.391. The SMILES string of the molecule is CC1(C)C(C(=O)N(CCO)C2CCC2)C1(C)C. The number of hydrogen-bond acceptors (Lipinski definition) is 2. The van der Waals surface area contributed by atoms with Gasteiger partial charge in [-0.15, -0.1) is 0 Å². The first-order valence-corrected chi connectivity index (χ1v) is 6.75. The molecule has 0 bridgehead atoms. The van der Waals surface area contributed by atoms with Crippen LogP contribution in [0.2, 0.25) is 0 Å². The van der Waals surface area contributed by atoms with Gasteiger partial charge >= 0.3 is 0 Å². The topological polar surface area (TPSA) is 40.5 Å². The molecular weight excluding hydrogens is 214 g/mol. The van der Waals surface area contributed by atoms with Crippen molar-refractivity contribution in [2.24, 2.45) is 16.7 Å². The lowest BCUT2D eigenvalue weighted by Gasteiger charge is -2.38. The minimum absolute atomic E-state index is 0.0792. The second kappa shape index (κ2) is 3.98. The molecule has 0 heterocycles. The van der Waals surface area contributed by atoms with E-state index >= 15 is 0 Å². The highest BCUT2D eigenvalue weighted by molar-refractivity contribution is 5.84. The van der Waals surface area contributed by atoms with Gasteiger partial charge in [0.2, 0.25) is 5.91 Å². The lowest BCUT2D eigenvalue weighted by atomic mass is 9.90. The quantitative estimate of drug-likeness (QED) is 0.815. The summed E-state index contributed by atoms with van der Waals surface area (Å²) in [6.45, 7) is 9.28. The van der Waals surface area contributed by atoms with Crippen LogP contribution < -0.4 is 0 Å². The second-order valence-corrected chi connectivity index (χ2v) is 6.72. The summed E-state index contributed by atoms with van der Waals surface area (Å²) in [4.78, 5) is 14.5. The van der Waals surface area contributed by atoms with Crippen molar-refractivity contribution < 1.29 is 9.90 Å². The average Bonchev–Trinajstić information content (AvgIpc) is 2.53. The van der Waals surface area contributed by atoms with Crippen molar-refractivity contribution in [3.63, 3.8) is 0 Å². The summed E-state index contributed by atoms with van der Waals surface area (Å²) in [6.07, 6.45) is 3.44. The number of carbonyl (C=O) groups excluding carboxylic acids is 1. The van der Waals surface area contributed by atoms with Crippen molar-refractivity contribution in [3.8, 4) is 0 Å². The summed E-state index contributed by atoms with van der Waals surface area (Å²) in [5.41, 5.74) is 0.197. The second-order valence-electron chi connectivity index (χ2n) is 6.72. The zero-order valence-corrected chi connectivity index (χ0v) is 11.5. The van der Waals surface area contributed by atoms with Gasteiger partial charge in [-0.25, -0.2) is 0 Å². The standard InChI is InChI=1S/C14H25NO2/c1-13(2)11(14(13,3)4)12(17)15(8-9-16)10-6-5-7-10/h10-11,16H,5-9H2,1-4H3. The van der Waals surface area contributed by atoms with Gasteiger partial charge in [0.15, 0.2) is 0 Å². The maximum absolute atomic E-state index is 12.6. The largest absolute Gasteiger partial charge is 0.395 e. The van der Waals surface area contributed by atoms with Crippen molar-refractivity contribution in [1.82, 2.24) is 4.90 Å². The number of nitrogens with zero attached hydrogens (tertiary/aromatic N) is 1. The molecule has 1 amide bonds. The van der Waals surface area contributed by atoms with E-state index in [1.807, 2.05) is 4.90 Å². The molecule has 0 aromatic rings. The number of rotatable bonds is 4. The third kappa shape index (κ3) is 1.79. The number of amides is 1. The van der Waals surface area contributed by atoms with Crippen LogP contribution in [0.1, 0.15) is 47.0 Å². The molecule has 98 valence electrons. The van der Waals surface area contributed by atoms with Crippen molar-refractivity contribution in [1.29, 1.82) is 0 Å². The number of aliphatic hydroxyl groups is 1. The van der Waals surface area contributed by atoms with E-state index < -0.39 is 0 Å². The Morgan fingerprint density at radius 3 is 2.06 bits per heavy atom. The van der Waals surface area contributed by atoms with Crippen LogP contribution in [0.4, 0.5) is 0 Å². The van der Waals surface area contributed by atoms with E-state index in [-0.39, 0.29) is 29.3 Å². The van der Waals surface area contributed by atoms with Crippen LogP contribution in [-0.2, 0) is 4.79 Å². The van der Waals surface area contributed by atoms with Crippen molar-refractivity contribution in [3.05, 3.63) is 0 Å². The van der Waals surface area contributed by atoms with Gasteiger partial charge in [-0.3, -0.25) is 4.79 Å². The fourth-order valence-corrected chi connectivity index (χ4v) is 3.26. The highest BCUT2D eigenvalue weighted by Gasteiger charge is 2.69. The Bertz CT molecular complexity index is 304. The van der Waals surface area contributed by atoms with Crippen LogP contribution in [0.15, 0.2) is 0 Å². The highest BCUT2D eigenvalue weighted by atomic mass is 16.3. The molecule has 0 saturated heterocycles. The van der Waals surface area contributed by atoms with E-state index in [0.717, 1.165) is 12.8 Å². The summed E-state index contributed by atoms with van der Waals surface area (Å²) < 4.78 is 0. The van der Waals surface area contributed by atoms with Gasteiger partial charge < -0.3 is 10.0 Å². The summed E-state index contributed by atoms with van der Waals surface area (Å²) in [7, 11) is 0. The molecule has 0 atom stereocenters. The van der Waals surface area contributed by atoms with Gasteiger partial charge in [-0.1, -0.05) is 27.7 Å². The Morgan fingerprint density at radius 2 is 1.76 bits per heavy atom. The molecule has 2 aliphatic rings. The van der Waals surface area contributed by atoms with Gasteiger partial charge in [-0.05, 0) is 30.1 Å². The van der Waals surface area contributed by atoms with Crippen LogP contribution in [-0.4, -0.2) is 35.1 Å². The van der Waals surface area contributed by atoms with Crippen LogP contribution in [0.3, 0.4) is 0 Å². The van der Waals surface area contributed by atoms with Gasteiger partial charge in [0.05, 0.1) is 6.61 Å². The molecule has 3 nitrogen and oxygen atoms in total. The third-order valence-corrected chi connectivity index (χ3v) is 5.41. The van der Waals surface area contributed by atoms with Crippen molar-refractivity contribution >= 4 is 5.91 Å². The minimum atomic E-state index is 0.0792. The van der Waals surface area contributed by atoms with Gasteiger partial charge in [0, 0.05) is 18.5 Å². The maximum Gasteiger partial charge on any atom is 0.227 e. The van der Waals surface area contributed by atoms with Crippen LogP contribution in [0.25, 0.3) is 0 Å². The van der Waals surface area contributed by atoms with E-state index in [1.54, 1.807) is 0 Å². The predicted octanol–water partition coefficient (Wildman–Crippen LogP) is 2.04. The molecule has 0 unspecified atom stereocenters. The number of carbonyl (C=O) groups is 1. The molecule has 0 aromatic heterocycles. The normalized spacial score (nSPS) is 26.4. The Balaban J connectivity index is 2.07. The molecule has 0 aromatic carbocycles. The Morgan fingerprint density at radius 1 is 1.24 bits per heavy atom. The van der Waals surface area contributed by atoms with Gasteiger partial charge in [0.1, 0.15) is 0 Å². The predicted molar refractivity (Wildman–Crippen MR) is 67.5 cm³/mol. The maximum atomic E-state index is 12.6. The Kier molecular flexibility index (Phi) is 3.01. The van der Waals surface area contributed by atoms with E-state index in [2.05, 4.69) is 27.7 Å². The zero-order chi connectivity index (χ0) is 12.8. The van der Waals surface area contributed by atoms with Crippen LogP contribution >= 0.6 is 0 Å². The summed E-state index contributed by atoms with van der Waals surface area (Å²) in [5.74, 6) is 0.390. The smallest absolute Gasteiger partial charge is 0.227 e. The average molecular weight is 239 g/mol. The molecule has 0 radical (unpaired) electrons. The number of hydrogen-bond donors (Lipinski definition) is 1. The Hall–Kier alpha value is -0.570. The molecule has 3 heteroatoms. The Labute approximate surface area is 104 Å². The minimum Gasteiger partial charge on any atom is -0.395 e. The van der Waals surface area contributed by atoms with E-state index in [9.17, 15) is 4.79 Å². The zero-order valence-electron chi connectivity index (χ0n) is 11.5. The molecule has 2 rings (SSSR count). The number of aliphatic hydroxyl groups excluding tert-OH is 1. The van der Waals surface area contributed by atoms with E-state index in [4.69, 9.17) is 5.11 Å². The first-order valence-electron chi connectivity index (χ1n) is 6.75. The van der Waals surface area contributed by atoms with Crippen LogP contribution in [0, 0.1) is 16.7 Å². The molecular formula is C14H25NO2. The molecule has 1 N–H and O–H groups in total. The first-order chi connectivity index (χ1) is 7.84. The third-order valence-electron chi connectivity index (χ3n) is 5.41. The van der Waals surface area contributed by atoms with Crippen molar-refractivity contribution in [2.75, 3.05) is 13.2 Å². The molecule has 2 saturated carbocycles. The molecule has 0 spiro atoms. The molecule has 17 heavy (non-hydrogen) atoms. The lowest BCUT2D eigenvalue weighted by Crippen LogP contribution is -2.47. The lowest BCUT2D eigenvalue weighted by molar-refractivity contribution is -0.138. The van der Waals surface area contributed by atoms with E-state index in [1.165, 1.54) is 6.42 Å². The van der Waals surface area contributed by atoms with Crippen molar-refractivity contribution in [2.45, 2.75) is 53.0 Å². The highest BCUT2D eigenvalue weighted by Crippen LogP contribution is 2.69. The molecule has 2 aliphatic carbocycles. The van der Waals surface area contributed by atoms with Gasteiger partial charge in [-0.2, -0.15) is 0 Å². The van der Waals surface area contributed by atoms with E-state index in [0.29, 0.717) is 12.6 Å². The summed E-state index contributed by atoms with van der Waals surface area (Å²) >= 11 is 0. The van der Waals surface area contributed by atoms with Gasteiger partial charge in [0.25, 0.3) is 0 Å². The first kappa shape index (κ1) is 12.9. The molecule has 0 aliphatic heterocycles. The fourth-order valence-electron chi connectivity index (χ4n) is 3.26. The summed E-state index contributed by atoms with van der Waals surface area (Å²) in [5, 5.41) is 9.12. The molecule has 2 fully saturated rings.